The summed E-state index contributed by atoms with van der Waals surface area (Å²) in [4.78, 5) is 23.8. The first-order valence-electron chi connectivity index (χ1n) is 16.5. The Balaban J connectivity index is 0. The van der Waals surface area contributed by atoms with Crippen LogP contribution in [0.4, 0.5) is 0 Å². The van der Waals surface area contributed by atoms with Gasteiger partial charge in [-0.3, -0.25) is 9.59 Å². The third-order valence-corrected chi connectivity index (χ3v) is 12.3. The van der Waals surface area contributed by atoms with E-state index in [-0.39, 0.29) is 47.5 Å². The Hall–Kier alpha value is -0.311. The molecule has 0 spiro atoms. The van der Waals surface area contributed by atoms with Gasteiger partial charge in [-0.1, -0.05) is 0 Å². The number of hydrogen-bond acceptors (Lipinski definition) is 8. The fourth-order valence-electron chi connectivity index (χ4n) is 4.53. The second kappa shape index (κ2) is 29.4. The third kappa shape index (κ3) is 23.7. The average molecular weight is 792 g/mol. The quantitative estimate of drug-likeness (QED) is 0.0783. The Labute approximate surface area is 302 Å². The van der Waals surface area contributed by atoms with E-state index in [9.17, 15) is 9.59 Å². The largest absolute Gasteiger partial charge is 0.691 e. The van der Waals surface area contributed by atoms with Crippen LogP contribution in [-0.4, -0.2) is 142 Å². The van der Waals surface area contributed by atoms with Gasteiger partial charge in [0.2, 0.25) is 0 Å². The van der Waals surface area contributed by atoms with Gasteiger partial charge in [0.25, 0.3) is 0 Å². The molecule has 277 valence electrons. The summed E-state index contributed by atoms with van der Waals surface area (Å²) in [5, 5.41) is 8.36. The van der Waals surface area contributed by atoms with Crippen molar-refractivity contribution in [3.8, 4) is 0 Å². The molecule has 2 aliphatic rings. The molecule has 2 fully saturated rings. The van der Waals surface area contributed by atoms with E-state index in [0.29, 0.717) is 37.4 Å². The molecule has 2 aliphatic heterocycles. The van der Waals surface area contributed by atoms with Gasteiger partial charge in [-0.15, -0.1) is 13.1 Å². The first kappa shape index (κ1) is 48.8. The minimum atomic E-state index is -0.744. The minimum absolute atomic E-state index is 0. The van der Waals surface area contributed by atoms with Crippen molar-refractivity contribution in [2.75, 3.05) is 119 Å². The number of nitrogens with zero attached hydrogens (tertiary/aromatic N) is 2. The van der Waals surface area contributed by atoms with Crippen molar-refractivity contribution >= 4 is 27.4 Å². The predicted octanol–water partition coefficient (Wildman–Crippen LogP) is 6.06. The molecule has 0 amide bonds. The molecule has 0 aliphatic carbocycles. The molecule has 0 bridgehead atoms. The Morgan fingerprint density at radius 1 is 0.617 bits per heavy atom. The summed E-state index contributed by atoms with van der Waals surface area (Å²) in [6.07, 6.45) is 13.6. The van der Waals surface area contributed by atoms with Gasteiger partial charge in [0.15, 0.2) is 11.6 Å². The summed E-state index contributed by atoms with van der Waals surface area (Å²) < 4.78 is 30.8. The van der Waals surface area contributed by atoms with Crippen LogP contribution in [0.25, 0.3) is 10.6 Å². The van der Waals surface area contributed by atoms with Gasteiger partial charge >= 0.3 is 0 Å². The summed E-state index contributed by atoms with van der Waals surface area (Å²) in [5.74, 6) is -0.0440. The van der Waals surface area contributed by atoms with Gasteiger partial charge in [0, 0.05) is 125 Å². The predicted molar refractivity (Wildman–Crippen MR) is 197 cm³/mol. The molecule has 0 unspecified atom stereocenters. The van der Waals surface area contributed by atoms with Crippen LogP contribution in [0.15, 0.2) is 23.5 Å². The van der Waals surface area contributed by atoms with E-state index in [1.54, 1.807) is 68.5 Å². The fraction of sp³-hybridized carbons (Fsp3) is 0.824. The van der Waals surface area contributed by atoms with Crippen LogP contribution in [0.2, 0.25) is 0 Å². The van der Waals surface area contributed by atoms with Crippen LogP contribution in [0.5, 0.6) is 0 Å². The number of ether oxygens (including phenoxy) is 6. The van der Waals surface area contributed by atoms with Gasteiger partial charge in [-0.05, 0) is 43.5 Å². The molecule has 47 heavy (non-hydrogen) atoms. The SMILES string of the molecule is CC1(C)OC/C(=C/[N-]CC[N-]/C=C2/COC(C)(C)C2=O)C1=O.COCCC[PH+](C)CCCOC.COCCC[PH+](C)CCCOC.[99Tc]. The normalized spacial score (nSPS) is 18.2. The number of carbonyl (C=O) groups excluding carboxylic acids is 2. The number of methoxy groups -OCH3 is 4. The van der Waals surface area contributed by atoms with Crippen molar-refractivity contribution in [3.63, 3.8) is 0 Å². The molecule has 13 heteroatoms. The van der Waals surface area contributed by atoms with E-state index in [1.807, 2.05) is 0 Å². The third-order valence-electron chi connectivity index (χ3n) is 7.51. The van der Waals surface area contributed by atoms with Crippen molar-refractivity contribution < 1.29 is 58.1 Å². The molecule has 0 saturated carbocycles. The van der Waals surface area contributed by atoms with Crippen LogP contribution in [0, 0.1) is 0 Å². The number of carbonyl (C=O) groups is 2. The zero-order valence-corrected chi connectivity index (χ0v) is 34.9. The van der Waals surface area contributed by atoms with Gasteiger partial charge in [-0.2, -0.15) is 12.4 Å². The number of hydrogen-bond donors (Lipinski definition) is 0. The van der Waals surface area contributed by atoms with E-state index in [0.717, 1.165) is 26.4 Å². The molecule has 2 saturated heterocycles. The van der Waals surface area contributed by atoms with Gasteiger partial charge in [-0.25, -0.2) is 0 Å². The van der Waals surface area contributed by atoms with Gasteiger partial charge in [0.1, 0.15) is 11.2 Å². The zero-order chi connectivity index (χ0) is 34.8. The van der Waals surface area contributed by atoms with Crippen molar-refractivity contribution in [3.05, 3.63) is 34.2 Å². The summed E-state index contributed by atoms with van der Waals surface area (Å²) in [6.45, 7) is 17.0. The van der Waals surface area contributed by atoms with E-state index in [2.05, 4.69) is 24.0 Å². The monoisotopic (exact) mass is 791 g/mol. The first-order chi connectivity index (χ1) is 21.9. The average Bonchev–Trinajstić information content (AvgIpc) is 3.43. The van der Waals surface area contributed by atoms with Crippen molar-refractivity contribution in [1.29, 1.82) is 0 Å². The van der Waals surface area contributed by atoms with Crippen molar-refractivity contribution in [2.45, 2.75) is 64.6 Å². The molecule has 0 aromatic rings. The van der Waals surface area contributed by atoms with Crippen LogP contribution >= 0.6 is 15.8 Å². The first-order valence-corrected chi connectivity index (χ1v) is 21.4. The maximum atomic E-state index is 11.9. The Kier molecular flexibility index (Phi) is 30.6. The number of rotatable bonds is 21. The van der Waals surface area contributed by atoms with Gasteiger partial charge < -0.3 is 39.1 Å². The van der Waals surface area contributed by atoms with E-state index in [4.69, 9.17) is 28.4 Å². The number of Topliss-reactive ketones (excluding diaryl/α,β-unsaturated/α-hetero) is 2. The zero-order valence-electron chi connectivity index (χ0n) is 31.0. The molecule has 10 nitrogen and oxygen atoms in total. The maximum Gasteiger partial charge on any atom is 0.190 e. The second-order valence-electron chi connectivity index (χ2n) is 12.7. The van der Waals surface area contributed by atoms with Gasteiger partial charge in [0.05, 0.1) is 37.9 Å². The number of ketones is 2. The Morgan fingerprint density at radius 3 is 1.11 bits per heavy atom. The summed E-state index contributed by atoms with van der Waals surface area (Å²) in [6, 6.07) is 0. The topological polar surface area (TPSA) is 118 Å². The van der Waals surface area contributed by atoms with Crippen LogP contribution in [0.3, 0.4) is 0 Å². The summed E-state index contributed by atoms with van der Waals surface area (Å²) in [5.41, 5.74) is -0.314. The molecule has 2 rings (SSSR count). The van der Waals surface area contributed by atoms with E-state index >= 15 is 0 Å². The molecule has 0 atom stereocenters. The van der Waals surface area contributed by atoms with E-state index in [1.165, 1.54) is 50.3 Å². The summed E-state index contributed by atoms with van der Waals surface area (Å²) in [7, 11) is 6.89. The molecular formula is C34H66N2O8P2Tc. The smallest absolute Gasteiger partial charge is 0.190 e. The maximum absolute atomic E-state index is 11.9. The Bertz CT molecular complexity index is 800. The fourth-order valence-corrected chi connectivity index (χ4v) is 8.02. The standard InChI is InChI=1S/C16H24N2O4.2C9H21O2P.Tc/c1-15(2)13(19)11(9-21-15)7-17-5-6-18-8-12-10-22-16(3,4)14(12)20;2*1-10-6-4-8-12(3)9-5-7-11-2;/h7-8H,5-6,9-10H2,1-4H3,(H2,17,18,19,20);2*4-9H2,1-3H3;/i;;;1+1. The molecule has 2 heterocycles. The van der Waals surface area contributed by atoms with Crippen LogP contribution in [-0.2, 0) is 58.1 Å². The van der Waals surface area contributed by atoms with Crippen LogP contribution in [0.1, 0.15) is 53.4 Å². The molecule has 0 aromatic heterocycles. The molecule has 0 N–H and O–H groups in total. The second-order valence-corrected chi connectivity index (χ2v) is 18.5. The molecule has 1 radical (unpaired) electrons. The van der Waals surface area contributed by atoms with Crippen LogP contribution < -0.4 is 0 Å². The minimum Gasteiger partial charge on any atom is -0.691 e. The summed E-state index contributed by atoms with van der Waals surface area (Å²) >= 11 is 0. The molecular weight excluding hydrogens is 725 g/mol. The van der Waals surface area contributed by atoms with Crippen molar-refractivity contribution in [1.82, 2.24) is 0 Å². The molecule has 0 aromatic carbocycles. The Morgan fingerprint density at radius 2 is 0.894 bits per heavy atom. The van der Waals surface area contributed by atoms with E-state index < -0.39 is 11.2 Å². The van der Waals surface area contributed by atoms with Crippen molar-refractivity contribution in [2.24, 2.45) is 0 Å².